The van der Waals surface area contributed by atoms with E-state index in [-0.39, 0.29) is 5.91 Å². The topological polar surface area (TPSA) is 29.1 Å². The van der Waals surface area contributed by atoms with Crippen molar-refractivity contribution in [2.75, 3.05) is 11.1 Å². The zero-order valence-electron chi connectivity index (χ0n) is 8.58. The highest BCUT2D eigenvalue weighted by molar-refractivity contribution is 7.80. The molecule has 1 rings (SSSR count). The second-order valence-corrected chi connectivity index (χ2v) is 3.48. The van der Waals surface area contributed by atoms with Crippen LogP contribution in [0, 0.1) is 11.8 Å². The maximum Gasteiger partial charge on any atom is 0.221 e. The van der Waals surface area contributed by atoms with Crippen LogP contribution in [0.2, 0.25) is 0 Å². The molecule has 0 aliphatic carbocycles. The molecule has 1 aromatic carbocycles. The Morgan fingerprint density at radius 3 is 2.60 bits per heavy atom. The monoisotopic (exact) mass is 219 g/mol. The number of nitrogens with one attached hydrogen (secondary N) is 1. The Balaban J connectivity index is 2.65. The van der Waals surface area contributed by atoms with E-state index in [0.29, 0.717) is 0 Å². The second-order valence-electron chi connectivity index (χ2n) is 3.03. The van der Waals surface area contributed by atoms with Gasteiger partial charge in [-0.2, -0.15) is 12.6 Å². The fourth-order valence-electron chi connectivity index (χ4n) is 1.06. The van der Waals surface area contributed by atoms with Crippen molar-refractivity contribution in [3.8, 4) is 11.8 Å². The van der Waals surface area contributed by atoms with Crippen LogP contribution in [-0.4, -0.2) is 11.7 Å². The van der Waals surface area contributed by atoms with Crippen molar-refractivity contribution < 1.29 is 4.79 Å². The van der Waals surface area contributed by atoms with Gasteiger partial charge in [-0.25, -0.2) is 0 Å². The molecule has 1 N–H and O–H groups in total. The lowest BCUT2D eigenvalue weighted by atomic mass is 10.2. The number of hydrogen-bond acceptors (Lipinski definition) is 2. The molecule has 0 bridgehead atoms. The highest BCUT2D eigenvalue weighted by Gasteiger charge is 1.93. The molecule has 78 valence electrons. The maximum atomic E-state index is 10.8. The van der Waals surface area contributed by atoms with Crippen LogP contribution >= 0.6 is 12.6 Å². The zero-order chi connectivity index (χ0) is 11.1. The molecule has 0 atom stereocenters. The summed E-state index contributed by atoms with van der Waals surface area (Å²) < 4.78 is 0. The van der Waals surface area contributed by atoms with E-state index in [0.717, 1.165) is 23.4 Å². The van der Waals surface area contributed by atoms with Crippen molar-refractivity contribution in [2.45, 2.75) is 13.3 Å². The Labute approximate surface area is 95.5 Å². The van der Waals surface area contributed by atoms with Crippen molar-refractivity contribution in [1.82, 2.24) is 0 Å². The minimum Gasteiger partial charge on any atom is -0.326 e. The van der Waals surface area contributed by atoms with Crippen molar-refractivity contribution >= 4 is 24.2 Å². The first-order valence-electron chi connectivity index (χ1n) is 4.70. The molecule has 0 aromatic heterocycles. The van der Waals surface area contributed by atoms with Gasteiger partial charge in [-0.05, 0) is 24.3 Å². The number of carbonyl (C=O) groups excluding carboxylic acids is 1. The molecule has 0 fully saturated rings. The van der Waals surface area contributed by atoms with Gasteiger partial charge in [0.25, 0.3) is 0 Å². The first-order chi connectivity index (χ1) is 7.22. The van der Waals surface area contributed by atoms with Gasteiger partial charge in [-0.15, -0.1) is 0 Å². The molecule has 0 saturated carbocycles. The predicted octanol–water partition coefficient (Wildman–Crippen LogP) is 2.32. The summed E-state index contributed by atoms with van der Waals surface area (Å²) >= 11 is 4.07. The van der Waals surface area contributed by atoms with E-state index in [9.17, 15) is 4.79 Å². The molecule has 0 spiro atoms. The maximum absolute atomic E-state index is 10.8. The standard InChI is InChI=1S/C12H13NOS/c1-10(14)13-12-7-5-11(6-8-12)4-2-3-9-15/h5-8,15H,3,9H2,1H3,(H,13,14). The normalized spacial score (nSPS) is 8.93. The lowest BCUT2D eigenvalue weighted by molar-refractivity contribution is -0.114. The molecule has 0 heterocycles. The number of hydrogen-bond donors (Lipinski definition) is 2. The third-order valence-electron chi connectivity index (χ3n) is 1.67. The summed E-state index contributed by atoms with van der Waals surface area (Å²) in [6, 6.07) is 7.45. The third-order valence-corrected chi connectivity index (χ3v) is 1.90. The van der Waals surface area contributed by atoms with Gasteiger partial charge in [0.05, 0.1) is 0 Å². The number of benzene rings is 1. The van der Waals surface area contributed by atoms with Crippen LogP contribution in [0.4, 0.5) is 5.69 Å². The summed E-state index contributed by atoms with van der Waals surface area (Å²) in [4.78, 5) is 10.8. The lowest BCUT2D eigenvalue weighted by Gasteiger charge is -2.00. The Morgan fingerprint density at radius 2 is 2.07 bits per heavy atom. The molecule has 0 aliphatic rings. The Morgan fingerprint density at radius 1 is 1.40 bits per heavy atom. The number of anilines is 1. The van der Waals surface area contributed by atoms with E-state index < -0.39 is 0 Å². The second kappa shape index (κ2) is 6.15. The Kier molecular flexibility index (Phi) is 4.79. The molecule has 2 nitrogen and oxygen atoms in total. The van der Waals surface area contributed by atoms with Gasteiger partial charge in [0.1, 0.15) is 0 Å². The molecular weight excluding hydrogens is 206 g/mol. The summed E-state index contributed by atoms with van der Waals surface area (Å²) in [7, 11) is 0. The van der Waals surface area contributed by atoms with E-state index >= 15 is 0 Å². The highest BCUT2D eigenvalue weighted by atomic mass is 32.1. The van der Waals surface area contributed by atoms with Crippen LogP contribution in [-0.2, 0) is 4.79 Å². The van der Waals surface area contributed by atoms with Crippen molar-refractivity contribution in [3.63, 3.8) is 0 Å². The van der Waals surface area contributed by atoms with E-state index in [1.807, 2.05) is 24.3 Å². The largest absolute Gasteiger partial charge is 0.326 e. The Hall–Kier alpha value is -1.40. The molecule has 0 radical (unpaired) electrons. The quantitative estimate of drug-likeness (QED) is 0.580. The molecule has 0 unspecified atom stereocenters. The van der Waals surface area contributed by atoms with Crippen molar-refractivity contribution in [3.05, 3.63) is 29.8 Å². The fourth-order valence-corrected chi connectivity index (χ4v) is 1.17. The summed E-state index contributed by atoms with van der Waals surface area (Å²) in [5.41, 5.74) is 1.74. The average Bonchev–Trinajstić information content (AvgIpc) is 2.20. The van der Waals surface area contributed by atoms with Crippen LogP contribution in [0.25, 0.3) is 0 Å². The summed E-state index contributed by atoms with van der Waals surface area (Å²) in [6.07, 6.45) is 0.788. The van der Waals surface area contributed by atoms with E-state index in [1.54, 1.807) is 0 Å². The van der Waals surface area contributed by atoms with Gasteiger partial charge in [-0.3, -0.25) is 4.79 Å². The van der Waals surface area contributed by atoms with E-state index in [2.05, 4.69) is 29.8 Å². The summed E-state index contributed by atoms with van der Waals surface area (Å²) in [6.45, 7) is 1.49. The van der Waals surface area contributed by atoms with Gasteiger partial charge in [0.2, 0.25) is 5.91 Å². The van der Waals surface area contributed by atoms with Crippen LogP contribution < -0.4 is 5.32 Å². The fraction of sp³-hybridized carbons (Fsp3) is 0.250. The van der Waals surface area contributed by atoms with Crippen molar-refractivity contribution in [2.24, 2.45) is 0 Å². The molecule has 0 saturated heterocycles. The van der Waals surface area contributed by atoms with Gasteiger partial charge in [0, 0.05) is 30.3 Å². The molecule has 0 aliphatic heterocycles. The first-order valence-corrected chi connectivity index (χ1v) is 5.33. The Bertz CT molecular complexity index is 386. The van der Waals surface area contributed by atoms with Gasteiger partial charge >= 0.3 is 0 Å². The minimum atomic E-state index is -0.0658. The predicted molar refractivity (Wildman–Crippen MR) is 66.1 cm³/mol. The molecule has 1 aromatic rings. The zero-order valence-corrected chi connectivity index (χ0v) is 9.47. The third kappa shape index (κ3) is 4.57. The van der Waals surface area contributed by atoms with E-state index in [1.165, 1.54) is 6.92 Å². The van der Waals surface area contributed by atoms with Gasteiger partial charge in [-0.1, -0.05) is 11.8 Å². The van der Waals surface area contributed by atoms with E-state index in [4.69, 9.17) is 0 Å². The van der Waals surface area contributed by atoms with Crippen molar-refractivity contribution in [1.29, 1.82) is 0 Å². The SMILES string of the molecule is CC(=O)Nc1ccc(C#CCCS)cc1. The molecule has 3 heteroatoms. The summed E-state index contributed by atoms with van der Waals surface area (Å²) in [5, 5.41) is 2.70. The number of amides is 1. The molecule has 1 amide bonds. The summed E-state index contributed by atoms with van der Waals surface area (Å²) in [5.74, 6) is 6.72. The minimum absolute atomic E-state index is 0.0658. The first kappa shape index (κ1) is 11.7. The van der Waals surface area contributed by atoms with Crippen LogP contribution in [0.1, 0.15) is 18.9 Å². The lowest BCUT2D eigenvalue weighted by Crippen LogP contribution is -2.05. The number of rotatable bonds is 2. The highest BCUT2D eigenvalue weighted by Crippen LogP contribution is 2.08. The smallest absolute Gasteiger partial charge is 0.221 e. The number of thiol groups is 1. The molecular formula is C12H13NOS. The van der Waals surface area contributed by atoms with Gasteiger partial charge in [0.15, 0.2) is 0 Å². The van der Waals surface area contributed by atoms with Crippen LogP contribution in [0.15, 0.2) is 24.3 Å². The number of carbonyl (C=O) groups is 1. The van der Waals surface area contributed by atoms with Gasteiger partial charge < -0.3 is 5.32 Å². The molecule has 15 heavy (non-hydrogen) atoms. The van der Waals surface area contributed by atoms with Crippen LogP contribution in [0.3, 0.4) is 0 Å². The van der Waals surface area contributed by atoms with Crippen LogP contribution in [0.5, 0.6) is 0 Å². The average molecular weight is 219 g/mol.